The highest BCUT2D eigenvalue weighted by atomic mass is 32.2. The summed E-state index contributed by atoms with van der Waals surface area (Å²) in [6.45, 7) is 3.34. The number of rotatable bonds is 7. The zero-order valence-electron chi connectivity index (χ0n) is 19.8. The van der Waals surface area contributed by atoms with Gasteiger partial charge in [-0.2, -0.15) is 0 Å². The van der Waals surface area contributed by atoms with Gasteiger partial charge in [-0.25, -0.2) is 9.69 Å². The number of nitrogens with one attached hydrogen (secondary N) is 1. The van der Waals surface area contributed by atoms with E-state index in [1.165, 1.54) is 36.0 Å². The normalized spacial score (nSPS) is 15.2. The van der Waals surface area contributed by atoms with Gasteiger partial charge in [0.2, 0.25) is 11.8 Å². The van der Waals surface area contributed by atoms with Crippen LogP contribution in [0.5, 0.6) is 0 Å². The Hall–Kier alpha value is -4.11. The van der Waals surface area contributed by atoms with Gasteiger partial charge in [0.25, 0.3) is 5.91 Å². The number of thioether (sulfide) groups is 1. The van der Waals surface area contributed by atoms with Crippen LogP contribution in [0.2, 0.25) is 0 Å². The molecule has 1 aliphatic rings. The molecule has 3 aromatic carbocycles. The highest BCUT2D eigenvalue weighted by Gasteiger charge is 2.40. The van der Waals surface area contributed by atoms with E-state index in [-0.39, 0.29) is 23.8 Å². The second-order valence-electron chi connectivity index (χ2n) is 8.44. The standard InChI is InChI=1S/C27H25N3O5S/c1-16-6-7-17(2)22(12-16)29-24(31)15-35-27(34)18-8-10-20(11-9-18)30-25(32)14-23(26(30)33)36-21-5-3-4-19(28)13-21/h3-13,23H,14-15,28H2,1-2H3,(H,29,31). The zero-order valence-corrected chi connectivity index (χ0v) is 20.6. The lowest BCUT2D eigenvalue weighted by Crippen LogP contribution is -2.31. The fourth-order valence-corrected chi connectivity index (χ4v) is 4.86. The van der Waals surface area contributed by atoms with Crippen LogP contribution >= 0.6 is 11.8 Å². The van der Waals surface area contributed by atoms with Gasteiger partial charge in [-0.3, -0.25) is 14.4 Å². The van der Waals surface area contributed by atoms with Gasteiger partial charge in [0, 0.05) is 22.7 Å². The predicted octanol–water partition coefficient (Wildman–Crippen LogP) is 4.11. The molecule has 1 unspecified atom stereocenters. The summed E-state index contributed by atoms with van der Waals surface area (Å²) in [5.74, 6) is -1.79. The Labute approximate surface area is 212 Å². The molecule has 0 aliphatic carbocycles. The van der Waals surface area contributed by atoms with Gasteiger partial charge in [-0.05, 0) is 73.5 Å². The van der Waals surface area contributed by atoms with Gasteiger partial charge in [0.05, 0.1) is 16.5 Å². The van der Waals surface area contributed by atoms with Gasteiger partial charge in [-0.1, -0.05) is 18.2 Å². The predicted molar refractivity (Wildman–Crippen MR) is 139 cm³/mol. The van der Waals surface area contributed by atoms with Gasteiger partial charge < -0.3 is 15.8 Å². The molecule has 1 saturated heterocycles. The largest absolute Gasteiger partial charge is 0.452 e. The van der Waals surface area contributed by atoms with Crippen LogP contribution in [-0.4, -0.2) is 35.5 Å². The summed E-state index contributed by atoms with van der Waals surface area (Å²) in [5.41, 5.74) is 9.50. The topological polar surface area (TPSA) is 119 Å². The Morgan fingerprint density at radius 3 is 2.53 bits per heavy atom. The number of benzene rings is 3. The maximum absolute atomic E-state index is 12.9. The molecular formula is C27H25N3O5S. The second kappa shape index (κ2) is 10.7. The van der Waals surface area contributed by atoms with Gasteiger partial charge in [-0.15, -0.1) is 11.8 Å². The minimum atomic E-state index is -0.688. The first-order valence-corrected chi connectivity index (χ1v) is 12.1. The van der Waals surface area contributed by atoms with Crippen molar-refractivity contribution in [1.29, 1.82) is 0 Å². The average molecular weight is 504 g/mol. The van der Waals surface area contributed by atoms with Gasteiger partial charge in [0.1, 0.15) is 0 Å². The monoisotopic (exact) mass is 503 g/mol. The maximum Gasteiger partial charge on any atom is 0.338 e. The number of aryl methyl sites for hydroxylation is 2. The number of esters is 1. The van der Waals surface area contributed by atoms with Crippen molar-refractivity contribution >= 4 is 52.5 Å². The molecule has 1 aliphatic heterocycles. The summed E-state index contributed by atoms with van der Waals surface area (Å²) in [6.07, 6.45) is 0.0671. The van der Waals surface area contributed by atoms with Crippen LogP contribution < -0.4 is 16.0 Å². The summed E-state index contributed by atoms with van der Waals surface area (Å²) in [5, 5.41) is 2.18. The molecule has 0 radical (unpaired) electrons. The lowest BCUT2D eigenvalue weighted by atomic mass is 10.1. The first kappa shape index (κ1) is 25.0. The molecule has 4 rings (SSSR count). The number of anilines is 3. The number of hydrogen-bond donors (Lipinski definition) is 2. The number of amides is 3. The fraction of sp³-hybridized carbons (Fsp3) is 0.185. The van der Waals surface area contributed by atoms with Gasteiger partial charge in [0.15, 0.2) is 6.61 Å². The SMILES string of the molecule is Cc1ccc(C)c(NC(=O)COC(=O)c2ccc(N3C(=O)CC(Sc4cccc(N)c4)C3=O)cc2)c1. The second-order valence-corrected chi connectivity index (χ2v) is 9.72. The zero-order chi connectivity index (χ0) is 25.8. The third kappa shape index (κ3) is 5.75. The van der Waals surface area contributed by atoms with Crippen molar-refractivity contribution in [3.8, 4) is 0 Å². The molecule has 0 bridgehead atoms. The van der Waals surface area contributed by atoms with Crippen LogP contribution in [0.15, 0.2) is 71.6 Å². The van der Waals surface area contributed by atoms with Crippen molar-refractivity contribution < 1.29 is 23.9 Å². The molecule has 0 saturated carbocycles. The number of ether oxygens (including phenoxy) is 1. The Morgan fingerprint density at radius 2 is 1.81 bits per heavy atom. The minimum Gasteiger partial charge on any atom is -0.452 e. The smallest absolute Gasteiger partial charge is 0.338 e. The van der Waals surface area contributed by atoms with E-state index in [9.17, 15) is 19.2 Å². The molecule has 1 atom stereocenters. The van der Waals surface area contributed by atoms with E-state index in [0.29, 0.717) is 17.1 Å². The maximum atomic E-state index is 12.9. The van der Waals surface area contributed by atoms with Gasteiger partial charge >= 0.3 is 5.97 Å². The lowest BCUT2D eigenvalue weighted by molar-refractivity contribution is -0.121. The van der Waals surface area contributed by atoms with Crippen LogP contribution in [0.3, 0.4) is 0 Å². The number of nitrogens with two attached hydrogens (primary N) is 1. The molecule has 36 heavy (non-hydrogen) atoms. The van der Waals surface area contributed by atoms with Crippen molar-refractivity contribution in [2.24, 2.45) is 0 Å². The molecule has 1 heterocycles. The third-order valence-electron chi connectivity index (χ3n) is 5.60. The first-order chi connectivity index (χ1) is 17.2. The van der Waals surface area contributed by atoms with E-state index >= 15 is 0 Å². The number of carbonyl (C=O) groups is 4. The summed E-state index contributed by atoms with van der Waals surface area (Å²) < 4.78 is 5.12. The van der Waals surface area contributed by atoms with E-state index in [2.05, 4.69) is 5.32 Å². The highest BCUT2D eigenvalue weighted by Crippen LogP contribution is 2.34. The van der Waals surface area contributed by atoms with Crippen molar-refractivity contribution in [2.45, 2.75) is 30.4 Å². The highest BCUT2D eigenvalue weighted by molar-refractivity contribution is 8.00. The van der Waals surface area contributed by atoms with Crippen LogP contribution in [0.25, 0.3) is 0 Å². The molecule has 0 aromatic heterocycles. The Kier molecular flexibility index (Phi) is 7.40. The summed E-state index contributed by atoms with van der Waals surface area (Å²) in [6, 6.07) is 18.8. The number of imide groups is 1. The summed E-state index contributed by atoms with van der Waals surface area (Å²) >= 11 is 1.29. The Bertz CT molecular complexity index is 1340. The van der Waals surface area contributed by atoms with Crippen molar-refractivity contribution in [1.82, 2.24) is 0 Å². The van der Waals surface area contributed by atoms with E-state index in [1.54, 1.807) is 18.2 Å². The third-order valence-corrected chi connectivity index (χ3v) is 6.78. The molecule has 1 fully saturated rings. The average Bonchev–Trinajstić information content (AvgIpc) is 3.12. The van der Waals surface area contributed by atoms with Crippen LogP contribution in [-0.2, 0) is 19.1 Å². The molecule has 3 amide bonds. The van der Waals surface area contributed by atoms with Crippen LogP contribution in [0.4, 0.5) is 17.1 Å². The lowest BCUT2D eigenvalue weighted by Gasteiger charge is -2.15. The Balaban J connectivity index is 1.35. The van der Waals surface area contributed by atoms with E-state index in [0.717, 1.165) is 20.9 Å². The van der Waals surface area contributed by atoms with E-state index in [1.807, 2.05) is 38.1 Å². The van der Waals surface area contributed by atoms with Crippen LogP contribution in [0.1, 0.15) is 27.9 Å². The molecule has 3 aromatic rings. The van der Waals surface area contributed by atoms with Crippen molar-refractivity contribution in [2.75, 3.05) is 22.6 Å². The molecule has 0 spiro atoms. The number of hydrogen-bond acceptors (Lipinski definition) is 7. The number of carbonyl (C=O) groups excluding carboxylic acids is 4. The fourth-order valence-electron chi connectivity index (χ4n) is 3.74. The Morgan fingerprint density at radius 1 is 1.06 bits per heavy atom. The summed E-state index contributed by atoms with van der Waals surface area (Å²) in [7, 11) is 0. The quantitative estimate of drug-likeness (QED) is 0.283. The molecule has 3 N–H and O–H groups in total. The van der Waals surface area contributed by atoms with E-state index < -0.39 is 23.7 Å². The van der Waals surface area contributed by atoms with Crippen LogP contribution in [0, 0.1) is 13.8 Å². The molecule has 8 nitrogen and oxygen atoms in total. The minimum absolute atomic E-state index is 0.0671. The van der Waals surface area contributed by atoms with Crippen molar-refractivity contribution in [3.05, 3.63) is 83.4 Å². The number of nitrogens with zero attached hydrogens (tertiary/aromatic N) is 1. The first-order valence-electron chi connectivity index (χ1n) is 11.2. The molecule has 184 valence electrons. The molecular weight excluding hydrogens is 478 g/mol. The van der Waals surface area contributed by atoms with E-state index in [4.69, 9.17) is 10.5 Å². The molecule has 9 heteroatoms. The number of nitrogen functional groups attached to an aromatic ring is 1. The van der Waals surface area contributed by atoms with Crippen molar-refractivity contribution in [3.63, 3.8) is 0 Å². The summed E-state index contributed by atoms with van der Waals surface area (Å²) in [4.78, 5) is 52.0.